The van der Waals surface area contributed by atoms with Crippen molar-refractivity contribution in [1.82, 2.24) is 5.32 Å². The Balaban J connectivity index is 3.47. The number of carbonyl (C=O) groups is 3. The number of hydrogen-bond donors (Lipinski definition) is 2. The molecule has 0 aliphatic carbocycles. The number of rotatable bonds is 9. The predicted molar refractivity (Wildman–Crippen MR) is 50.0 cm³/mol. The van der Waals surface area contributed by atoms with Crippen molar-refractivity contribution >= 4 is 18.5 Å². The minimum Gasteiger partial charge on any atom is -0.481 e. The molecule has 1 atom stereocenters. The third-order valence-corrected chi connectivity index (χ3v) is 1.71. The molecule has 0 radical (unpaired) electrons. The molecule has 0 aromatic carbocycles. The van der Waals surface area contributed by atoms with Crippen LogP contribution in [-0.4, -0.2) is 36.2 Å². The van der Waals surface area contributed by atoms with E-state index in [0.29, 0.717) is 19.3 Å². The number of carboxylic acid groups (broad SMARTS) is 1. The second kappa shape index (κ2) is 8.37. The number of carboxylic acids is 1. The molecule has 80 valence electrons. The van der Waals surface area contributed by atoms with Gasteiger partial charge in [0.2, 0.25) is 0 Å². The second-order valence-electron chi connectivity index (χ2n) is 2.96. The monoisotopic (exact) mass is 201 g/mol. The van der Waals surface area contributed by atoms with Crippen molar-refractivity contribution in [2.24, 2.45) is 0 Å². The van der Waals surface area contributed by atoms with Gasteiger partial charge in [0.25, 0.3) is 0 Å². The highest BCUT2D eigenvalue weighted by molar-refractivity contribution is 5.73. The van der Waals surface area contributed by atoms with Crippen LogP contribution in [0.2, 0.25) is 0 Å². The maximum Gasteiger partial charge on any atom is 0.305 e. The van der Waals surface area contributed by atoms with Crippen LogP contribution in [0.25, 0.3) is 0 Å². The zero-order valence-electron chi connectivity index (χ0n) is 7.94. The van der Waals surface area contributed by atoms with Crippen molar-refractivity contribution in [1.29, 1.82) is 0 Å². The Morgan fingerprint density at radius 1 is 1.36 bits per heavy atom. The molecule has 0 aromatic heterocycles. The highest BCUT2D eigenvalue weighted by Gasteiger charge is 2.10. The van der Waals surface area contributed by atoms with E-state index in [1.807, 2.05) is 0 Å². The van der Waals surface area contributed by atoms with Crippen molar-refractivity contribution < 1.29 is 19.5 Å². The highest BCUT2D eigenvalue weighted by Crippen LogP contribution is 1.93. The number of carbonyl (C=O) groups excluding carboxylic acids is 2. The Morgan fingerprint density at radius 3 is 2.57 bits per heavy atom. The lowest BCUT2D eigenvalue weighted by Gasteiger charge is -2.09. The molecule has 0 aliphatic heterocycles. The average Bonchev–Trinajstić information content (AvgIpc) is 2.15. The number of aliphatic carboxylic acids is 1. The largest absolute Gasteiger partial charge is 0.481 e. The maximum atomic E-state index is 10.4. The Morgan fingerprint density at radius 2 is 2.07 bits per heavy atom. The lowest BCUT2D eigenvalue weighted by molar-refractivity contribution is -0.138. The summed E-state index contributed by atoms with van der Waals surface area (Å²) < 4.78 is 0. The maximum absolute atomic E-state index is 10.4. The summed E-state index contributed by atoms with van der Waals surface area (Å²) in [5.74, 6) is -0.998. The summed E-state index contributed by atoms with van der Waals surface area (Å²) in [5, 5.41) is 11.2. The first-order valence-corrected chi connectivity index (χ1v) is 4.54. The second-order valence-corrected chi connectivity index (χ2v) is 2.96. The Kier molecular flexibility index (Phi) is 7.64. The smallest absolute Gasteiger partial charge is 0.305 e. The minimum atomic E-state index is -0.998. The van der Waals surface area contributed by atoms with E-state index in [-0.39, 0.29) is 6.42 Å². The molecule has 0 aliphatic rings. The molecule has 0 saturated carbocycles. The van der Waals surface area contributed by atoms with Gasteiger partial charge in [-0.1, -0.05) is 0 Å². The SMILES string of the molecule is O=CCCCCNC(C=O)CC(=O)O. The van der Waals surface area contributed by atoms with Crippen LogP contribution in [0, 0.1) is 0 Å². The fourth-order valence-electron chi connectivity index (χ4n) is 0.997. The molecule has 0 bridgehead atoms. The summed E-state index contributed by atoms with van der Waals surface area (Å²) in [5.41, 5.74) is 0. The van der Waals surface area contributed by atoms with Crippen LogP contribution in [0.4, 0.5) is 0 Å². The van der Waals surface area contributed by atoms with Gasteiger partial charge in [-0.15, -0.1) is 0 Å². The molecule has 5 heteroatoms. The van der Waals surface area contributed by atoms with Crippen LogP contribution >= 0.6 is 0 Å². The lowest BCUT2D eigenvalue weighted by Crippen LogP contribution is -2.33. The number of hydrogen-bond acceptors (Lipinski definition) is 4. The van der Waals surface area contributed by atoms with E-state index in [1.165, 1.54) is 0 Å². The molecular weight excluding hydrogens is 186 g/mol. The number of unbranched alkanes of at least 4 members (excludes halogenated alkanes) is 2. The molecule has 0 amide bonds. The molecule has 0 rings (SSSR count). The van der Waals surface area contributed by atoms with Crippen molar-refractivity contribution in [3.05, 3.63) is 0 Å². The summed E-state index contributed by atoms with van der Waals surface area (Å²) in [7, 11) is 0. The zero-order chi connectivity index (χ0) is 10.8. The predicted octanol–water partition coefficient (Wildman–Crippen LogP) is -0.0126. The quantitative estimate of drug-likeness (QED) is 0.405. The summed E-state index contributed by atoms with van der Waals surface area (Å²) in [6.45, 7) is 0.560. The van der Waals surface area contributed by atoms with E-state index in [0.717, 1.165) is 19.1 Å². The third kappa shape index (κ3) is 7.42. The topological polar surface area (TPSA) is 83.5 Å². The minimum absolute atomic E-state index is 0.197. The molecule has 0 spiro atoms. The first-order chi connectivity index (χ1) is 6.70. The van der Waals surface area contributed by atoms with Gasteiger partial charge in [-0.05, 0) is 19.4 Å². The Hall–Kier alpha value is -1.23. The lowest BCUT2D eigenvalue weighted by atomic mass is 10.2. The fourth-order valence-corrected chi connectivity index (χ4v) is 0.997. The van der Waals surface area contributed by atoms with Gasteiger partial charge >= 0.3 is 5.97 Å². The van der Waals surface area contributed by atoms with E-state index >= 15 is 0 Å². The van der Waals surface area contributed by atoms with Gasteiger partial charge in [-0.2, -0.15) is 0 Å². The van der Waals surface area contributed by atoms with Gasteiger partial charge in [-0.3, -0.25) is 4.79 Å². The van der Waals surface area contributed by atoms with Crippen LogP contribution in [0.3, 0.4) is 0 Å². The number of nitrogens with one attached hydrogen (secondary N) is 1. The van der Waals surface area contributed by atoms with Gasteiger partial charge in [0.15, 0.2) is 0 Å². The van der Waals surface area contributed by atoms with Crippen molar-refractivity contribution in [3.63, 3.8) is 0 Å². The van der Waals surface area contributed by atoms with Crippen LogP contribution in [0.5, 0.6) is 0 Å². The normalized spacial score (nSPS) is 12.0. The van der Waals surface area contributed by atoms with Gasteiger partial charge in [0, 0.05) is 6.42 Å². The van der Waals surface area contributed by atoms with E-state index < -0.39 is 12.0 Å². The average molecular weight is 201 g/mol. The van der Waals surface area contributed by atoms with Gasteiger partial charge in [0.1, 0.15) is 12.6 Å². The van der Waals surface area contributed by atoms with Crippen LogP contribution < -0.4 is 5.32 Å². The Labute approximate surface area is 82.5 Å². The molecule has 0 aromatic rings. The molecule has 14 heavy (non-hydrogen) atoms. The summed E-state index contributed by atoms with van der Waals surface area (Å²) >= 11 is 0. The highest BCUT2D eigenvalue weighted by atomic mass is 16.4. The van der Waals surface area contributed by atoms with Crippen molar-refractivity contribution in [3.8, 4) is 0 Å². The van der Waals surface area contributed by atoms with Gasteiger partial charge in [0.05, 0.1) is 12.5 Å². The Bertz CT molecular complexity index is 193. The summed E-state index contributed by atoms with van der Waals surface area (Å²) in [4.78, 5) is 30.6. The van der Waals surface area contributed by atoms with Crippen LogP contribution in [0.15, 0.2) is 0 Å². The van der Waals surface area contributed by atoms with E-state index in [2.05, 4.69) is 5.32 Å². The first kappa shape index (κ1) is 12.8. The van der Waals surface area contributed by atoms with Gasteiger partial charge < -0.3 is 20.0 Å². The summed E-state index contributed by atoms with van der Waals surface area (Å²) in [6, 6.07) is -0.622. The van der Waals surface area contributed by atoms with Crippen molar-refractivity contribution in [2.45, 2.75) is 31.7 Å². The van der Waals surface area contributed by atoms with E-state index in [4.69, 9.17) is 5.11 Å². The van der Waals surface area contributed by atoms with E-state index in [1.54, 1.807) is 0 Å². The number of aldehydes is 2. The zero-order valence-corrected chi connectivity index (χ0v) is 7.94. The van der Waals surface area contributed by atoms with Crippen LogP contribution in [-0.2, 0) is 14.4 Å². The molecule has 5 nitrogen and oxygen atoms in total. The molecule has 0 fully saturated rings. The third-order valence-electron chi connectivity index (χ3n) is 1.71. The molecular formula is C9H15NO4. The van der Waals surface area contributed by atoms with Crippen molar-refractivity contribution in [2.75, 3.05) is 6.54 Å². The van der Waals surface area contributed by atoms with Crippen LogP contribution in [0.1, 0.15) is 25.7 Å². The first-order valence-electron chi connectivity index (χ1n) is 4.54. The van der Waals surface area contributed by atoms with E-state index in [9.17, 15) is 14.4 Å². The van der Waals surface area contributed by atoms with Gasteiger partial charge in [-0.25, -0.2) is 0 Å². The fraction of sp³-hybridized carbons (Fsp3) is 0.667. The summed E-state index contributed by atoms with van der Waals surface area (Å²) in [6.07, 6.45) is 3.27. The molecule has 1 unspecified atom stereocenters. The molecule has 0 saturated heterocycles. The molecule has 0 heterocycles. The molecule has 2 N–H and O–H groups in total. The standard InChI is InChI=1S/C9H15NO4/c11-5-3-1-2-4-10-8(7-12)6-9(13)14/h5,7-8,10H,1-4,6H2,(H,13,14).